The maximum Gasteiger partial charge on any atom is 0.266 e. The molecule has 0 spiro atoms. The Balaban J connectivity index is 1.33. The number of para-hydroxylation sites is 1. The Bertz CT molecular complexity index is 938. The topological polar surface area (TPSA) is 67.6 Å². The van der Waals surface area contributed by atoms with Crippen LogP contribution in [-0.2, 0) is 13.1 Å². The zero-order chi connectivity index (χ0) is 20.0. The van der Waals surface area contributed by atoms with Crippen LogP contribution in [0.3, 0.4) is 0 Å². The number of hydrogen-bond acceptors (Lipinski definition) is 5. The van der Waals surface area contributed by atoms with Gasteiger partial charge in [0.2, 0.25) is 0 Å². The van der Waals surface area contributed by atoms with Crippen molar-refractivity contribution >= 4 is 0 Å². The van der Waals surface area contributed by atoms with Gasteiger partial charge in [0.05, 0.1) is 24.9 Å². The molecule has 154 valence electrons. The minimum absolute atomic E-state index is 0.119. The molecule has 3 heterocycles. The van der Waals surface area contributed by atoms with E-state index in [1.807, 2.05) is 24.3 Å². The highest BCUT2D eigenvalue weighted by Crippen LogP contribution is 2.43. The molecule has 0 radical (unpaired) electrons. The van der Waals surface area contributed by atoms with E-state index in [9.17, 15) is 9.90 Å². The Labute approximate surface area is 171 Å². The lowest BCUT2D eigenvalue weighted by molar-refractivity contribution is -0.0679. The van der Waals surface area contributed by atoms with Crippen LogP contribution in [0.1, 0.15) is 55.7 Å². The minimum Gasteiger partial charge on any atom is -0.496 e. The van der Waals surface area contributed by atoms with Crippen molar-refractivity contribution in [3.63, 3.8) is 0 Å². The van der Waals surface area contributed by atoms with E-state index in [-0.39, 0.29) is 5.56 Å². The molecule has 2 bridgehead atoms. The molecule has 1 unspecified atom stereocenters. The van der Waals surface area contributed by atoms with Crippen LogP contribution in [0, 0.1) is 0 Å². The first-order valence-corrected chi connectivity index (χ1v) is 10.7. The van der Waals surface area contributed by atoms with Crippen molar-refractivity contribution in [3.8, 4) is 5.75 Å². The SMILES string of the molecule is COc1ccccc1CN1[C@@H]2CC[C@H]1CC(O)(Cn1nc(C3CC3)ccc1=O)C2. The molecule has 2 aromatic rings. The highest BCUT2D eigenvalue weighted by Gasteiger charge is 2.48. The maximum absolute atomic E-state index is 12.4. The second kappa shape index (κ2) is 7.26. The molecule has 29 heavy (non-hydrogen) atoms. The fraction of sp³-hybridized carbons (Fsp3) is 0.565. The third-order valence-electron chi connectivity index (χ3n) is 6.87. The van der Waals surface area contributed by atoms with Crippen LogP contribution in [0.25, 0.3) is 0 Å². The van der Waals surface area contributed by atoms with E-state index in [4.69, 9.17) is 4.74 Å². The fourth-order valence-electron chi connectivity index (χ4n) is 5.28. The van der Waals surface area contributed by atoms with Crippen LogP contribution in [0.5, 0.6) is 5.75 Å². The van der Waals surface area contributed by atoms with Crippen molar-refractivity contribution in [2.45, 2.75) is 75.2 Å². The number of nitrogens with zero attached hydrogens (tertiary/aromatic N) is 3. The molecule has 2 aliphatic heterocycles. The number of methoxy groups -OCH3 is 1. The van der Waals surface area contributed by atoms with Gasteiger partial charge >= 0.3 is 0 Å². The van der Waals surface area contributed by atoms with Crippen molar-refractivity contribution in [3.05, 3.63) is 58.0 Å². The summed E-state index contributed by atoms with van der Waals surface area (Å²) in [7, 11) is 1.71. The number of hydrogen-bond donors (Lipinski definition) is 1. The van der Waals surface area contributed by atoms with Gasteiger partial charge in [-0.1, -0.05) is 18.2 Å². The molecule has 3 fully saturated rings. The summed E-state index contributed by atoms with van der Waals surface area (Å²) >= 11 is 0. The molecule has 3 aliphatic rings. The highest BCUT2D eigenvalue weighted by atomic mass is 16.5. The molecule has 1 aliphatic carbocycles. The molecule has 6 heteroatoms. The lowest BCUT2D eigenvalue weighted by Crippen LogP contribution is -2.53. The average Bonchev–Trinajstić information content (AvgIpc) is 3.52. The molecule has 1 saturated carbocycles. The van der Waals surface area contributed by atoms with Gasteiger partial charge in [-0.05, 0) is 50.7 Å². The highest BCUT2D eigenvalue weighted by molar-refractivity contribution is 5.33. The second-order valence-electron chi connectivity index (χ2n) is 9.03. The van der Waals surface area contributed by atoms with Gasteiger partial charge in [0.1, 0.15) is 5.75 Å². The molecule has 0 amide bonds. The van der Waals surface area contributed by atoms with Crippen LogP contribution in [0.15, 0.2) is 41.2 Å². The number of ether oxygens (including phenoxy) is 1. The van der Waals surface area contributed by atoms with Crippen LogP contribution < -0.4 is 10.3 Å². The lowest BCUT2D eigenvalue weighted by Gasteiger charge is -2.44. The monoisotopic (exact) mass is 395 g/mol. The predicted octanol–water partition coefficient (Wildman–Crippen LogP) is 2.69. The zero-order valence-electron chi connectivity index (χ0n) is 17.0. The fourth-order valence-corrected chi connectivity index (χ4v) is 5.28. The summed E-state index contributed by atoms with van der Waals surface area (Å²) in [4.78, 5) is 14.9. The van der Waals surface area contributed by atoms with Crippen LogP contribution >= 0.6 is 0 Å². The molecular weight excluding hydrogens is 366 g/mol. The van der Waals surface area contributed by atoms with Gasteiger partial charge < -0.3 is 9.84 Å². The van der Waals surface area contributed by atoms with Gasteiger partial charge in [-0.2, -0.15) is 5.10 Å². The first-order chi connectivity index (χ1) is 14.0. The standard InChI is InChI=1S/C23H29N3O3/c1-29-21-5-3-2-4-17(21)14-25-18-8-9-19(25)13-23(28,12-18)15-26-22(27)11-10-20(24-26)16-6-7-16/h2-5,10-11,16,18-19,28H,6-9,12-15H2,1H3/t18-,19+,23?. The smallest absolute Gasteiger partial charge is 0.266 e. The number of aliphatic hydroxyl groups is 1. The van der Waals surface area contributed by atoms with E-state index in [2.05, 4.69) is 16.1 Å². The summed E-state index contributed by atoms with van der Waals surface area (Å²) in [6.45, 7) is 1.13. The van der Waals surface area contributed by atoms with Crippen LogP contribution in [0.2, 0.25) is 0 Å². The van der Waals surface area contributed by atoms with E-state index < -0.39 is 5.60 Å². The largest absolute Gasteiger partial charge is 0.496 e. The first kappa shape index (κ1) is 18.8. The van der Waals surface area contributed by atoms with Gasteiger partial charge in [0.15, 0.2) is 0 Å². The molecule has 5 rings (SSSR count). The Hall–Kier alpha value is -2.18. The second-order valence-corrected chi connectivity index (χ2v) is 9.03. The Morgan fingerprint density at radius 3 is 2.52 bits per heavy atom. The number of piperidine rings is 1. The van der Waals surface area contributed by atoms with E-state index >= 15 is 0 Å². The van der Waals surface area contributed by atoms with E-state index in [0.29, 0.717) is 37.4 Å². The molecule has 6 nitrogen and oxygen atoms in total. The minimum atomic E-state index is -0.873. The number of aromatic nitrogens is 2. The Morgan fingerprint density at radius 2 is 1.83 bits per heavy atom. The van der Waals surface area contributed by atoms with E-state index in [0.717, 1.165) is 43.7 Å². The zero-order valence-corrected chi connectivity index (χ0v) is 17.0. The summed E-state index contributed by atoms with van der Waals surface area (Å²) in [5, 5.41) is 16.0. The van der Waals surface area contributed by atoms with E-state index in [1.54, 1.807) is 13.2 Å². The van der Waals surface area contributed by atoms with E-state index in [1.165, 1.54) is 10.2 Å². The number of rotatable bonds is 6. The number of benzene rings is 1. The lowest BCUT2D eigenvalue weighted by atomic mass is 9.85. The number of fused-ring (bicyclic) bond motifs is 2. The third-order valence-corrected chi connectivity index (χ3v) is 6.87. The van der Waals surface area contributed by atoms with Crippen LogP contribution in [-0.4, -0.2) is 44.6 Å². The summed E-state index contributed by atoms with van der Waals surface area (Å²) < 4.78 is 7.03. The van der Waals surface area contributed by atoms with Gasteiger partial charge in [-0.15, -0.1) is 0 Å². The van der Waals surface area contributed by atoms with Crippen molar-refractivity contribution in [1.29, 1.82) is 0 Å². The molecule has 3 atom stereocenters. The third kappa shape index (κ3) is 3.71. The van der Waals surface area contributed by atoms with Crippen molar-refractivity contribution < 1.29 is 9.84 Å². The molecule has 1 aromatic heterocycles. The molecule has 1 N–H and O–H groups in total. The summed E-state index contributed by atoms with van der Waals surface area (Å²) in [6.07, 6.45) is 5.84. The van der Waals surface area contributed by atoms with Crippen molar-refractivity contribution in [2.24, 2.45) is 0 Å². The Morgan fingerprint density at radius 1 is 1.10 bits per heavy atom. The summed E-state index contributed by atoms with van der Waals surface area (Å²) in [6, 6.07) is 12.3. The normalized spacial score (nSPS) is 29.2. The van der Waals surface area contributed by atoms with Gasteiger partial charge in [0.25, 0.3) is 5.56 Å². The molecule has 2 saturated heterocycles. The predicted molar refractivity (Wildman–Crippen MR) is 110 cm³/mol. The van der Waals surface area contributed by atoms with Crippen molar-refractivity contribution in [1.82, 2.24) is 14.7 Å². The average molecular weight is 396 g/mol. The van der Waals surface area contributed by atoms with Gasteiger partial charge in [-0.25, -0.2) is 4.68 Å². The molecule has 1 aromatic carbocycles. The molecular formula is C23H29N3O3. The summed E-state index contributed by atoms with van der Waals surface area (Å²) in [5.74, 6) is 1.41. The van der Waals surface area contributed by atoms with Gasteiger partial charge in [-0.3, -0.25) is 9.69 Å². The summed E-state index contributed by atoms with van der Waals surface area (Å²) in [5.41, 5.74) is 1.19. The first-order valence-electron chi connectivity index (χ1n) is 10.7. The Kier molecular flexibility index (Phi) is 4.71. The maximum atomic E-state index is 12.4. The quantitative estimate of drug-likeness (QED) is 0.815. The van der Waals surface area contributed by atoms with Crippen LogP contribution in [0.4, 0.5) is 0 Å². The van der Waals surface area contributed by atoms with Gasteiger partial charge in [0, 0.05) is 36.2 Å². The van der Waals surface area contributed by atoms with Crippen molar-refractivity contribution in [2.75, 3.05) is 7.11 Å².